The van der Waals surface area contributed by atoms with E-state index >= 15 is 0 Å². The Morgan fingerprint density at radius 2 is 1.48 bits per heavy atom. The quantitative estimate of drug-likeness (QED) is 0.407. The monoisotopic (exact) mass is 374 g/mol. The Morgan fingerprint density at radius 1 is 0.815 bits per heavy atom. The van der Waals surface area contributed by atoms with E-state index in [0.717, 1.165) is 12.2 Å². The summed E-state index contributed by atoms with van der Waals surface area (Å²) in [6, 6.07) is 13.6. The highest BCUT2D eigenvalue weighted by atomic mass is 16.7. The van der Waals surface area contributed by atoms with E-state index in [0.29, 0.717) is 36.4 Å². The van der Waals surface area contributed by atoms with Gasteiger partial charge >= 0.3 is 0 Å². The van der Waals surface area contributed by atoms with Crippen LogP contribution in [-0.2, 0) is 4.74 Å². The maximum Gasteiger partial charge on any atom is 0.197 e. The zero-order valence-corrected chi connectivity index (χ0v) is 16.9. The number of hydrogen-bond donors (Lipinski definition) is 0. The van der Waals surface area contributed by atoms with Gasteiger partial charge in [-0.15, -0.1) is 0 Å². The number of benzene rings is 2. The summed E-state index contributed by atoms with van der Waals surface area (Å²) in [4.78, 5) is 0. The highest BCUT2D eigenvalue weighted by molar-refractivity contribution is 5.45. The fraction of sp³-hybridized carbons (Fsp3) is 0.455. The van der Waals surface area contributed by atoms with Crippen molar-refractivity contribution in [2.75, 3.05) is 27.4 Å². The van der Waals surface area contributed by atoms with Crippen molar-refractivity contribution in [2.24, 2.45) is 0 Å². The first kappa shape index (κ1) is 20.9. The van der Waals surface area contributed by atoms with Crippen molar-refractivity contribution in [3.05, 3.63) is 48.0 Å². The number of hydrogen-bond acceptors (Lipinski definition) is 5. The van der Waals surface area contributed by atoms with E-state index in [1.807, 2.05) is 31.2 Å². The Balaban J connectivity index is 1.74. The van der Waals surface area contributed by atoms with Crippen molar-refractivity contribution < 1.29 is 23.7 Å². The minimum absolute atomic E-state index is 0.353. The smallest absolute Gasteiger partial charge is 0.197 e. The van der Waals surface area contributed by atoms with Gasteiger partial charge in [0.2, 0.25) is 0 Å². The lowest BCUT2D eigenvalue weighted by atomic mass is 9.99. The molecular formula is C22H30O5. The largest absolute Gasteiger partial charge is 0.493 e. The SMILES string of the molecule is CCC(C)c1ccc(OC(C)OCCOc2ccc(OC)c(OC)c2)cc1. The van der Waals surface area contributed by atoms with Crippen molar-refractivity contribution in [3.8, 4) is 23.0 Å². The second-order valence-corrected chi connectivity index (χ2v) is 6.30. The molecule has 5 nitrogen and oxygen atoms in total. The van der Waals surface area contributed by atoms with E-state index in [9.17, 15) is 0 Å². The van der Waals surface area contributed by atoms with Crippen LogP contribution in [0.2, 0.25) is 0 Å². The first-order valence-electron chi connectivity index (χ1n) is 9.30. The minimum atomic E-state index is -0.353. The Labute approximate surface area is 162 Å². The van der Waals surface area contributed by atoms with Gasteiger partial charge in [0.1, 0.15) is 18.1 Å². The van der Waals surface area contributed by atoms with Gasteiger partial charge in [0.05, 0.1) is 20.8 Å². The second-order valence-electron chi connectivity index (χ2n) is 6.30. The van der Waals surface area contributed by atoms with Gasteiger partial charge in [-0.3, -0.25) is 0 Å². The van der Waals surface area contributed by atoms with Gasteiger partial charge in [0, 0.05) is 6.07 Å². The molecule has 2 rings (SSSR count). The molecule has 0 heterocycles. The Bertz CT molecular complexity index is 684. The first-order chi connectivity index (χ1) is 13.1. The van der Waals surface area contributed by atoms with Gasteiger partial charge in [-0.1, -0.05) is 26.0 Å². The average Bonchev–Trinajstić information content (AvgIpc) is 2.71. The molecule has 2 atom stereocenters. The first-order valence-corrected chi connectivity index (χ1v) is 9.30. The maximum atomic E-state index is 5.79. The molecule has 0 saturated heterocycles. The lowest BCUT2D eigenvalue weighted by Gasteiger charge is -2.17. The van der Waals surface area contributed by atoms with Gasteiger partial charge in [-0.25, -0.2) is 0 Å². The van der Waals surface area contributed by atoms with Crippen LogP contribution in [0, 0.1) is 0 Å². The summed E-state index contributed by atoms with van der Waals surface area (Å²) in [6.45, 7) is 7.12. The molecule has 0 aliphatic rings. The lowest BCUT2D eigenvalue weighted by Crippen LogP contribution is -2.19. The molecule has 0 aromatic heterocycles. The van der Waals surface area contributed by atoms with Crippen LogP contribution in [0.3, 0.4) is 0 Å². The van der Waals surface area contributed by atoms with Crippen LogP contribution >= 0.6 is 0 Å². The van der Waals surface area contributed by atoms with Gasteiger partial charge in [0.15, 0.2) is 17.8 Å². The van der Waals surface area contributed by atoms with Crippen molar-refractivity contribution in [2.45, 2.75) is 39.4 Å². The van der Waals surface area contributed by atoms with Crippen molar-refractivity contribution in [1.82, 2.24) is 0 Å². The fourth-order valence-electron chi connectivity index (χ4n) is 2.62. The van der Waals surface area contributed by atoms with Crippen LogP contribution in [0.1, 0.15) is 38.7 Å². The van der Waals surface area contributed by atoms with E-state index in [4.69, 9.17) is 23.7 Å². The summed E-state index contributed by atoms with van der Waals surface area (Å²) in [5.41, 5.74) is 1.32. The molecule has 0 radical (unpaired) electrons. The van der Waals surface area contributed by atoms with Crippen molar-refractivity contribution in [1.29, 1.82) is 0 Å². The van der Waals surface area contributed by atoms with E-state index in [-0.39, 0.29) is 6.29 Å². The molecule has 0 aliphatic heterocycles. The van der Waals surface area contributed by atoms with Crippen LogP contribution in [-0.4, -0.2) is 33.7 Å². The van der Waals surface area contributed by atoms with Gasteiger partial charge in [-0.05, 0) is 49.1 Å². The number of ether oxygens (including phenoxy) is 5. The molecule has 2 unspecified atom stereocenters. The highest BCUT2D eigenvalue weighted by Crippen LogP contribution is 2.30. The summed E-state index contributed by atoms with van der Waals surface area (Å²) in [6.07, 6.45) is 0.772. The zero-order valence-electron chi connectivity index (χ0n) is 16.9. The third-order valence-corrected chi connectivity index (χ3v) is 4.42. The highest BCUT2D eigenvalue weighted by Gasteiger charge is 2.08. The zero-order chi connectivity index (χ0) is 19.6. The summed E-state index contributed by atoms with van der Waals surface area (Å²) >= 11 is 0. The normalized spacial score (nSPS) is 12.9. The standard InChI is InChI=1S/C22H30O5/c1-6-16(2)18-7-9-19(10-8-18)27-17(3)25-13-14-26-20-11-12-21(23-4)22(15-20)24-5/h7-12,15-17H,6,13-14H2,1-5H3. The van der Waals surface area contributed by atoms with Gasteiger partial charge < -0.3 is 23.7 Å². The molecule has 0 aliphatic carbocycles. The molecule has 0 spiro atoms. The topological polar surface area (TPSA) is 46.2 Å². The molecule has 2 aromatic carbocycles. The van der Waals surface area contributed by atoms with Crippen molar-refractivity contribution in [3.63, 3.8) is 0 Å². The molecule has 0 amide bonds. The van der Waals surface area contributed by atoms with Crippen LogP contribution in [0.15, 0.2) is 42.5 Å². The molecule has 0 N–H and O–H groups in total. The number of methoxy groups -OCH3 is 2. The lowest BCUT2D eigenvalue weighted by molar-refractivity contribution is -0.0739. The Kier molecular flexibility index (Phi) is 8.27. The molecule has 0 bridgehead atoms. The van der Waals surface area contributed by atoms with Gasteiger partial charge in [0.25, 0.3) is 0 Å². The molecule has 148 valence electrons. The fourth-order valence-corrected chi connectivity index (χ4v) is 2.62. The summed E-state index contributed by atoms with van der Waals surface area (Å²) in [7, 11) is 3.20. The third-order valence-electron chi connectivity index (χ3n) is 4.42. The average molecular weight is 374 g/mol. The van der Waals surface area contributed by atoms with Crippen LogP contribution in [0.4, 0.5) is 0 Å². The molecule has 27 heavy (non-hydrogen) atoms. The predicted octanol–water partition coefficient (Wildman–Crippen LogP) is 5.04. The van der Waals surface area contributed by atoms with E-state index in [1.54, 1.807) is 20.3 Å². The Morgan fingerprint density at radius 3 is 2.11 bits per heavy atom. The van der Waals surface area contributed by atoms with Crippen LogP contribution in [0.5, 0.6) is 23.0 Å². The van der Waals surface area contributed by atoms with E-state index in [2.05, 4.69) is 26.0 Å². The molecule has 2 aromatic rings. The van der Waals surface area contributed by atoms with Gasteiger partial charge in [-0.2, -0.15) is 0 Å². The van der Waals surface area contributed by atoms with Crippen LogP contribution in [0.25, 0.3) is 0 Å². The Hall–Kier alpha value is -2.40. The third kappa shape index (κ3) is 6.36. The molecular weight excluding hydrogens is 344 g/mol. The molecule has 0 fully saturated rings. The van der Waals surface area contributed by atoms with E-state index < -0.39 is 0 Å². The molecule has 5 heteroatoms. The summed E-state index contributed by atoms with van der Waals surface area (Å²) in [5.74, 6) is 3.36. The second kappa shape index (κ2) is 10.7. The predicted molar refractivity (Wildman–Crippen MR) is 106 cm³/mol. The number of rotatable bonds is 11. The van der Waals surface area contributed by atoms with Crippen molar-refractivity contribution >= 4 is 0 Å². The summed E-state index contributed by atoms with van der Waals surface area (Å²) in [5, 5.41) is 0. The van der Waals surface area contributed by atoms with Crippen LogP contribution < -0.4 is 18.9 Å². The maximum absolute atomic E-state index is 5.79. The van der Waals surface area contributed by atoms with E-state index in [1.165, 1.54) is 5.56 Å². The minimum Gasteiger partial charge on any atom is -0.493 e. The molecule has 0 saturated carbocycles. The summed E-state index contributed by atoms with van der Waals surface area (Å²) < 4.78 is 27.6.